The minimum absolute atomic E-state index is 0.332. The van der Waals surface area contributed by atoms with Crippen molar-refractivity contribution in [3.05, 3.63) is 63.6 Å². The number of aromatic nitrogens is 2. The third kappa shape index (κ3) is 2.83. The van der Waals surface area contributed by atoms with Crippen molar-refractivity contribution < 1.29 is 13.2 Å². The number of fused-ring (bicyclic) bond motifs is 1. The van der Waals surface area contributed by atoms with Crippen molar-refractivity contribution in [2.24, 2.45) is 0 Å². The van der Waals surface area contributed by atoms with Crippen LogP contribution in [0.2, 0.25) is 10.0 Å². The lowest BCUT2D eigenvalue weighted by atomic mass is 10.0. The van der Waals surface area contributed by atoms with E-state index < -0.39 is 11.7 Å². The van der Waals surface area contributed by atoms with Gasteiger partial charge in [0.05, 0.1) is 27.0 Å². The van der Waals surface area contributed by atoms with Gasteiger partial charge in [-0.2, -0.15) is 18.3 Å². The second-order valence-electron chi connectivity index (χ2n) is 5.91. The summed E-state index contributed by atoms with van der Waals surface area (Å²) in [7, 11) is 0. The van der Waals surface area contributed by atoms with Crippen molar-refractivity contribution in [1.82, 2.24) is 9.78 Å². The predicted molar refractivity (Wildman–Crippen MR) is 96.2 cm³/mol. The monoisotopic (exact) mass is 397 g/mol. The van der Waals surface area contributed by atoms with Crippen molar-refractivity contribution in [1.29, 1.82) is 0 Å². The Hall–Kier alpha value is -2.18. The Balaban J connectivity index is 1.90. The molecule has 0 spiro atoms. The summed E-state index contributed by atoms with van der Waals surface area (Å²) in [5.41, 5.74) is 1.51. The summed E-state index contributed by atoms with van der Waals surface area (Å²) in [4.78, 5) is 0. The van der Waals surface area contributed by atoms with E-state index in [9.17, 15) is 13.2 Å². The SMILES string of the molecule is FC(F)(F)c1cc(-c2nn(-c3ccccc3Cl)c3c2CCN3)ccc1Cl. The Bertz CT molecular complexity index is 996. The molecule has 1 aliphatic heterocycles. The largest absolute Gasteiger partial charge is 0.417 e. The summed E-state index contributed by atoms with van der Waals surface area (Å²) in [6.07, 6.45) is -3.86. The first kappa shape index (κ1) is 17.2. The van der Waals surface area contributed by atoms with E-state index >= 15 is 0 Å². The van der Waals surface area contributed by atoms with Gasteiger partial charge in [-0.15, -0.1) is 0 Å². The maximum Gasteiger partial charge on any atom is 0.417 e. The van der Waals surface area contributed by atoms with Crippen LogP contribution in [0.4, 0.5) is 19.0 Å². The highest BCUT2D eigenvalue weighted by molar-refractivity contribution is 6.32. The highest BCUT2D eigenvalue weighted by Crippen LogP contribution is 2.40. The number of anilines is 1. The first-order chi connectivity index (χ1) is 12.4. The van der Waals surface area contributed by atoms with Crippen LogP contribution in [0.15, 0.2) is 42.5 Å². The smallest absolute Gasteiger partial charge is 0.369 e. The number of hydrogen-bond acceptors (Lipinski definition) is 2. The number of hydrogen-bond donors (Lipinski definition) is 1. The normalized spacial score (nSPS) is 13.6. The molecule has 0 bridgehead atoms. The van der Waals surface area contributed by atoms with E-state index in [2.05, 4.69) is 10.4 Å². The third-order valence-electron chi connectivity index (χ3n) is 4.28. The van der Waals surface area contributed by atoms with E-state index in [4.69, 9.17) is 23.2 Å². The van der Waals surface area contributed by atoms with Gasteiger partial charge in [0.2, 0.25) is 0 Å². The van der Waals surface area contributed by atoms with Crippen LogP contribution in [0.3, 0.4) is 0 Å². The van der Waals surface area contributed by atoms with Crippen molar-refractivity contribution in [3.8, 4) is 16.9 Å². The van der Waals surface area contributed by atoms with Crippen molar-refractivity contribution in [2.45, 2.75) is 12.6 Å². The standard InChI is InChI=1S/C18H12Cl2F3N3/c19-13-6-5-10(9-12(13)18(21,22)23)16-11-7-8-24-17(11)26(25-16)15-4-2-1-3-14(15)20/h1-6,9,24H,7-8H2. The van der Waals surface area contributed by atoms with E-state index in [1.54, 1.807) is 22.9 Å². The predicted octanol–water partition coefficient (Wildman–Crippen LogP) is 5.83. The van der Waals surface area contributed by atoms with Gasteiger partial charge in [-0.05, 0) is 30.7 Å². The molecule has 4 rings (SSSR count). The molecular weight excluding hydrogens is 386 g/mol. The van der Waals surface area contributed by atoms with E-state index in [-0.39, 0.29) is 5.02 Å². The second kappa shape index (κ2) is 6.21. The number of nitrogens with zero attached hydrogens (tertiary/aromatic N) is 2. The number of rotatable bonds is 2. The topological polar surface area (TPSA) is 29.9 Å². The molecule has 0 saturated carbocycles. The zero-order chi connectivity index (χ0) is 18.5. The molecule has 2 aromatic carbocycles. The van der Waals surface area contributed by atoms with Crippen LogP contribution in [0.1, 0.15) is 11.1 Å². The molecule has 0 amide bonds. The lowest BCUT2D eigenvalue weighted by Crippen LogP contribution is -2.07. The molecule has 0 unspecified atom stereocenters. The Kier molecular flexibility index (Phi) is 4.12. The van der Waals surface area contributed by atoms with E-state index in [1.807, 2.05) is 12.1 Å². The van der Waals surface area contributed by atoms with Gasteiger partial charge in [0.25, 0.3) is 0 Å². The highest BCUT2D eigenvalue weighted by Gasteiger charge is 2.34. The lowest BCUT2D eigenvalue weighted by Gasteiger charge is -2.10. The molecule has 2 heterocycles. The van der Waals surface area contributed by atoms with Gasteiger partial charge < -0.3 is 5.32 Å². The van der Waals surface area contributed by atoms with Crippen LogP contribution in [0.25, 0.3) is 16.9 Å². The summed E-state index contributed by atoms with van der Waals surface area (Å²) in [5, 5.41) is 7.95. The molecule has 0 fully saturated rings. The zero-order valence-corrected chi connectivity index (χ0v) is 14.8. The molecule has 1 N–H and O–H groups in total. The Labute approximate surface area is 157 Å². The van der Waals surface area contributed by atoms with Gasteiger partial charge in [-0.1, -0.05) is 41.4 Å². The molecule has 8 heteroatoms. The second-order valence-corrected chi connectivity index (χ2v) is 6.72. The van der Waals surface area contributed by atoms with E-state index in [0.717, 1.165) is 17.4 Å². The Morgan fingerprint density at radius 2 is 1.81 bits per heavy atom. The van der Waals surface area contributed by atoms with Crippen LogP contribution in [-0.4, -0.2) is 16.3 Å². The summed E-state index contributed by atoms with van der Waals surface area (Å²) in [6, 6.07) is 11.0. The molecule has 1 aromatic heterocycles. The van der Waals surface area contributed by atoms with Gasteiger partial charge in [-0.3, -0.25) is 0 Å². The van der Waals surface area contributed by atoms with Gasteiger partial charge in [0, 0.05) is 17.7 Å². The van der Waals surface area contributed by atoms with Gasteiger partial charge in [0.1, 0.15) is 5.82 Å². The van der Waals surface area contributed by atoms with Gasteiger partial charge in [-0.25, -0.2) is 4.68 Å². The molecule has 0 saturated heterocycles. The van der Waals surface area contributed by atoms with Crippen LogP contribution in [-0.2, 0) is 12.6 Å². The molecule has 0 aliphatic carbocycles. The molecular formula is C18H12Cl2F3N3. The minimum atomic E-state index is -4.53. The van der Waals surface area contributed by atoms with Crippen molar-refractivity contribution >= 4 is 29.0 Å². The number of alkyl halides is 3. The minimum Gasteiger partial charge on any atom is -0.369 e. The maximum atomic E-state index is 13.2. The fraction of sp³-hybridized carbons (Fsp3) is 0.167. The first-order valence-electron chi connectivity index (χ1n) is 7.84. The van der Waals surface area contributed by atoms with E-state index in [1.165, 1.54) is 6.07 Å². The molecule has 26 heavy (non-hydrogen) atoms. The average Bonchev–Trinajstić information content (AvgIpc) is 3.18. The van der Waals surface area contributed by atoms with Crippen LogP contribution >= 0.6 is 23.2 Å². The van der Waals surface area contributed by atoms with Crippen LogP contribution in [0, 0.1) is 0 Å². The molecule has 0 atom stereocenters. The maximum absolute atomic E-state index is 13.2. The highest BCUT2D eigenvalue weighted by atomic mass is 35.5. The molecule has 134 valence electrons. The van der Waals surface area contributed by atoms with Gasteiger partial charge >= 0.3 is 6.18 Å². The van der Waals surface area contributed by atoms with Crippen molar-refractivity contribution in [3.63, 3.8) is 0 Å². The fourth-order valence-corrected chi connectivity index (χ4v) is 3.53. The fourth-order valence-electron chi connectivity index (χ4n) is 3.09. The quantitative estimate of drug-likeness (QED) is 0.589. The molecule has 0 radical (unpaired) electrons. The summed E-state index contributed by atoms with van der Waals surface area (Å²) < 4.78 is 41.2. The Morgan fingerprint density at radius 1 is 1.04 bits per heavy atom. The first-order valence-corrected chi connectivity index (χ1v) is 8.59. The van der Waals surface area contributed by atoms with E-state index in [0.29, 0.717) is 34.9 Å². The number of benzene rings is 2. The number of halogens is 5. The number of nitrogens with one attached hydrogen (secondary N) is 1. The lowest BCUT2D eigenvalue weighted by molar-refractivity contribution is -0.137. The molecule has 3 aromatic rings. The van der Waals surface area contributed by atoms with Crippen LogP contribution in [0.5, 0.6) is 0 Å². The Morgan fingerprint density at radius 3 is 2.54 bits per heavy atom. The molecule has 1 aliphatic rings. The summed E-state index contributed by atoms with van der Waals surface area (Å²) in [5.74, 6) is 0.747. The molecule has 3 nitrogen and oxygen atoms in total. The summed E-state index contributed by atoms with van der Waals surface area (Å²) in [6.45, 7) is 0.685. The van der Waals surface area contributed by atoms with Crippen LogP contribution < -0.4 is 5.32 Å². The number of para-hydroxylation sites is 1. The van der Waals surface area contributed by atoms with Gasteiger partial charge in [0.15, 0.2) is 0 Å². The average molecular weight is 398 g/mol. The third-order valence-corrected chi connectivity index (χ3v) is 4.93. The summed E-state index contributed by atoms with van der Waals surface area (Å²) >= 11 is 12.0. The zero-order valence-electron chi connectivity index (χ0n) is 13.2. The van der Waals surface area contributed by atoms with Crippen molar-refractivity contribution in [2.75, 3.05) is 11.9 Å².